The predicted molar refractivity (Wildman–Crippen MR) is 46.3 cm³/mol. The molecule has 12 heavy (non-hydrogen) atoms. The van der Waals surface area contributed by atoms with Crippen LogP contribution in [0.2, 0.25) is 0 Å². The fourth-order valence-electron chi connectivity index (χ4n) is 1.63. The highest BCUT2D eigenvalue weighted by molar-refractivity contribution is 5.95. The lowest BCUT2D eigenvalue weighted by Gasteiger charge is -2.32. The fourth-order valence-corrected chi connectivity index (χ4v) is 1.63. The third-order valence-electron chi connectivity index (χ3n) is 2.33. The van der Waals surface area contributed by atoms with Gasteiger partial charge in [0.1, 0.15) is 0 Å². The second-order valence-corrected chi connectivity index (χ2v) is 4.29. The van der Waals surface area contributed by atoms with E-state index >= 15 is 0 Å². The molecule has 2 nitrogen and oxygen atoms in total. The number of rotatable bonds is 0. The number of nitrogens with zero attached hydrogens (tertiary/aromatic N) is 1. The van der Waals surface area contributed by atoms with E-state index in [1.165, 1.54) is 6.08 Å². The van der Waals surface area contributed by atoms with Crippen molar-refractivity contribution in [3.8, 4) is 6.07 Å². The Balaban J connectivity index is 3.03. The van der Waals surface area contributed by atoms with Crippen molar-refractivity contribution >= 4 is 5.78 Å². The minimum absolute atomic E-state index is 0.121. The zero-order valence-electron chi connectivity index (χ0n) is 7.72. The quantitative estimate of drug-likeness (QED) is 0.548. The molecular formula is C10H13NO. The summed E-state index contributed by atoms with van der Waals surface area (Å²) in [5, 5.41) is 8.86. The molecule has 0 fully saturated rings. The normalized spacial score (nSPS) is 33.0. The van der Waals surface area contributed by atoms with Crippen LogP contribution in [0.15, 0.2) is 12.2 Å². The molecule has 0 aromatic heterocycles. The minimum Gasteiger partial charge on any atom is -0.294 e. The van der Waals surface area contributed by atoms with Gasteiger partial charge in [-0.2, -0.15) is 5.26 Å². The molecule has 0 aliphatic heterocycles. The standard InChI is InChI=1S/C10H13NO/c1-9(2)6-10(3,7-11)5-4-8(9)12/h4-5H,6H2,1-3H3. The minimum atomic E-state index is -0.461. The van der Waals surface area contributed by atoms with Gasteiger partial charge in [0, 0.05) is 5.41 Å². The van der Waals surface area contributed by atoms with Crippen LogP contribution in [0.25, 0.3) is 0 Å². The Morgan fingerprint density at radius 2 is 2.08 bits per heavy atom. The van der Waals surface area contributed by atoms with E-state index in [9.17, 15) is 4.79 Å². The largest absolute Gasteiger partial charge is 0.294 e. The Bertz CT molecular complexity index is 283. The molecule has 1 rings (SSSR count). The number of allylic oxidation sites excluding steroid dienone is 2. The monoisotopic (exact) mass is 163 g/mol. The smallest absolute Gasteiger partial charge is 0.161 e. The third-order valence-corrected chi connectivity index (χ3v) is 2.33. The zero-order chi connectivity index (χ0) is 9.41. The van der Waals surface area contributed by atoms with Gasteiger partial charge in [-0.05, 0) is 19.4 Å². The molecule has 0 amide bonds. The van der Waals surface area contributed by atoms with Crippen molar-refractivity contribution in [3.05, 3.63) is 12.2 Å². The highest BCUT2D eigenvalue weighted by Gasteiger charge is 2.38. The van der Waals surface area contributed by atoms with Crippen LogP contribution in [0.4, 0.5) is 0 Å². The zero-order valence-corrected chi connectivity index (χ0v) is 7.72. The van der Waals surface area contributed by atoms with E-state index in [4.69, 9.17) is 5.26 Å². The summed E-state index contributed by atoms with van der Waals surface area (Å²) < 4.78 is 0. The van der Waals surface area contributed by atoms with Gasteiger partial charge in [0.2, 0.25) is 0 Å². The highest BCUT2D eigenvalue weighted by Crippen LogP contribution is 2.39. The van der Waals surface area contributed by atoms with Gasteiger partial charge in [-0.15, -0.1) is 0 Å². The van der Waals surface area contributed by atoms with Gasteiger partial charge < -0.3 is 0 Å². The SMILES string of the molecule is CC1(C#N)C=CC(=O)C(C)(C)C1. The number of hydrogen-bond donors (Lipinski definition) is 0. The van der Waals surface area contributed by atoms with Crippen LogP contribution in [0, 0.1) is 22.2 Å². The number of hydrogen-bond acceptors (Lipinski definition) is 2. The molecule has 64 valence electrons. The van der Waals surface area contributed by atoms with E-state index in [0.717, 1.165) is 0 Å². The molecule has 0 heterocycles. The van der Waals surface area contributed by atoms with Crippen LogP contribution in [0.5, 0.6) is 0 Å². The topological polar surface area (TPSA) is 40.9 Å². The summed E-state index contributed by atoms with van der Waals surface area (Å²) in [6.45, 7) is 5.63. The molecule has 0 aromatic carbocycles. The molecule has 1 atom stereocenters. The Morgan fingerprint density at radius 3 is 2.50 bits per heavy atom. The molecule has 0 radical (unpaired) electrons. The molecule has 0 bridgehead atoms. The lowest BCUT2D eigenvalue weighted by atomic mass is 9.68. The Kier molecular flexibility index (Phi) is 1.83. The van der Waals surface area contributed by atoms with Gasteiger partial charge in [-0.3, -0.25) is 4.79 Å². The van der Waals surface area contributed by atoms with Crippen LogP contribution in [-0.2, 0) is 4.79 Å². The molecule has 0 spiro atoms. The average Bonchev–Trinajstić information content (AvgIpc) is 1.97. The molecular weight excluding hydrogens is 150 g/mol. The van der Waals surface area contributed by atoms with E-state index < -0.39 is 5.41 Å². The third kappa shape index (κ3) is 1.40. The van der Waals surface area contributed by atoms with Gasteiger partial charge in [0.05, 0.1) is 11.5 Å². The maximum atomic E-state index is 11.3. The first-order valence-corrected chi connectivity index (χ1v) is 4.05. The van der Waals surface area contributed by atoms with Crippen molar-refractivity contribution in [2.24, 2.45) is 10.8 Å². The lowest BCUT2D eigenvalue weighted by molar-refractivity contribution is -0.123. The molecule has 0 N–H and O–H groups in total. The number of nitriles is 1. The molecule has 1 aliphatic rings. The van der Waals surface area contributed by atoms with Crippen molar-refractivity contribution < 1.29 is 4.79 Å². The van der Waals surface area contributed by atoms with Crippen molar-refractivity contribution in [1.29, 1.82) is 5.26 Å². The fraction of sp³-hybridized carbons (Fsp3) is 0.600. The Morgan fingerprint density at radius 1 is 1.50 bits per heavy atom. The maximum absolute atomic E-state index is 11.3. The molecule has 1 unspecified atom stereocenters. The molecule has 1 aliphatic carbocycles. The Hall–Kier alpha value is -1.10. The average molecular weight is 163 g/mol. The molecule has 0 saturated heterocycles. The van der Waals surface area contributed by atoms with Crippen LogP contribution in [-0.4, -0.2) is 5.78 Å². The van der Waals surface area contributed by atoms with Gasteiger partial charge >= 0.3 is 0 Å². The summed E-state index contributed by atoms with van der Waals surface area (Å²) in [5.41, 5.74) is -0.837. The van der Waals surface area contributed by atoms with Crippen molar-refractivity contribution in [1.82, 2.24) is 0 Å². The second-order valence-electron chi connectivity index (χ2n) is 4.29. The first-order valence-electron chi connectivity index (χ1n) is 4.05. The first-order chi connectivity index (χ1) is 5.40. The van der Waals surface area contributed by atoms with Crippen LogP contribution < -0.4 is 0 Å². The predicted octanol–water partition coefficient (Wildman–Crippen LogP) is 2.07. The van der Waals surface area contributed by atoms with Crippen LogP contribution in [0.1, 0.15) is 27.2 Å². The van der Waals surface area contributed by atoms with Crippen LogP contribution >= 0.6 is 0 Å². The summed E-state index contributed by atoms with van der Waals surface area (Å²) in [6.07, 6.45) is 3.86. The van der Waals surface area contributed by atoms with Crippen molar-refractivity contribution in [3.63, 3.8) is 0 Å². The summed E-state index contributed by atoms with van der Waals surface area (Å²) in [4.78, 5) is 11.3. The van der Waals surface area contributed by atoms with Gasteiger partial charge in [0.25, 0.3) is 0 Å². The second kappa shape index (κ2) is 2.45. The molecule has 0 saturated carbocycles. The highest BCUT2D eigenvalue weighted by atomic mass is 16.1. The number of carbonyl (C=O) groups is 1. The summed E-state index contributed by atoms with van der Waals surface area (Å²) >= 11 is 0. The van der Waals surface area contributed by atoms with E-state index in [1.807, 2.05) is 20.8 Å². The number of carbonyl (C=O) groups excluding carboxylic acids is 1. The summed E-state index contributed by atoms with van der Waals surface area (Å²) in [5.74, 6) is 0.121. The maximum Gasteiger partial charge on any atom is 0.161 e. The van der Waals surface area contributed by atoms with E-state index in [-0.39, 0.29) is 11.2 Å². The number of ketones is 1. The summed E-state index contributed by atoms with van der Waals surface area (Å²) in [6, 6.07) is 2.22. The van der Waals surface area contributed by atoms with Gasteiger partial charge in [-0.25, -0.2) is 0 Å². The first kappa shape index (κ1) is 8.99. The van der Waals surface area contributed by atoms with E-state index in [2.05, 4.69) is 6.07 Å². The molecule has 0 aromatic rings. The van der Waals surface area contributed by atoms with Gasteiger partial charge in [-0.1, -0.05) is 19.9 Å². The van der Waals surface area contributed by atoms with E-state index in [0.29, 0.717) is 6.42 Å². The summed E-state index contributed by atoms with van der Waals surface area (Å²) in [7, 11) is 0. The lowest BCUT2D eigenvalue weighted by Crippen LogP contribution is -2.33. The van der Waals surface area contributed by atoms with Gasteiger partial charge in [0.15, 0.2) is 5.78 Å². The Labute approximate surface area is 72.9 Å². The van der Waals surface area contributed by atoms with E-state index in [1.54, 1.807) is 6.08 Å². The van der Waals surface area contributed by atoms with Crippen molar-refractivity contribution in [2.75, 3.05) is 0 Å². The molecule has 2 heteroatoms. The van der Waals surface area contributed by atoms with Crippen molar-refractivity contribution in [2.45, 2.75) is 27.2 Å². The van der Waals surface area contributed by atoms with Crippen LogP contribution in [0.3, 0.4) is 0 Å².